The van der Waals surface area contributed by atoms with E-state index >= 15 is 0 Å². The van der Waals surface area contributed by atoms with Gasteiger partial charge >= 0.3 is 0 Å². The van der Waals surface area contributed by atoms with Gasteiger partial charge in [0.15, 0.2) is 11.2 Å². The van der Waals surface area contributed by atoms with Crippen LogP contribution in [0.25, 0.3) is 16.9 Å². The lowest BCUT2D eigenvalue weighted by atomic mass is 10.2. The molecule has 1 aromatic carbocycles. The summed E-state index contributed by atoms with van der Waals surface area (Å²) in [6.45, 7) is 1.02. The number of methoxy groups -OCH3 is 1. The summed E-state index contributed by atoms with van der Waals surface area (Å²) >= 11 is 0. The summed E-state index contributed by atoms with van der Waals surface area (Å²) in [5.74, 6) is 1.24. The highest BCUT2D eigenvalue weighted by Gasteiger charge is 2.21. The van der Waals surface area contributed by atoms with E-state index in [0.717, 1.165) is 17.0 Å². The predicted molar refractivity (Wildman–Crippen MR) is 105 cm³/mol. The maximum Gasteiger partial charge on any atom is 0.268 e. The van der Waals surface area contributed by atoms with Crippen molar-refractivity contribution >= 4 is 17.1 Å². The largest absolute Gasteiger partial charge is 0.497 e. The minimum absolute atomic E-state index is 0.0668. The smallest absolute Gasteiger partial charge is 0.268 e. The van der Waals surface area contributed by atoms with Crippen molar-refractivity contribution in [2.45, 2.75) is 6.42 Å². The van der Waals surface area contributed by atoms with E-state index in [1.54, 1.807) is 40.2 Å². The van der Waals surface area contributed by atoms with Crippen LogP contribution in [0.3, 0.4) is 0 Å². The van der Waals surface area contributed by atoms with Gasteiger partial charge in [0.2, 0.25) is 0 Å². The van der Waals surface area contributed by atoms with Crippen molar-refractivity contribution in [2.24, 2.45) is 0 Å². The molecule has 0 radical (unpaired) electrons. The Hall–Kier alpha value is -3.86. The third-order valence-electron chi connectivity index (χ3n) is 4.75. The fourth-order valence-corrected chi connectivity index (χ4v) is 3.23. The zero-order valence-corrected chi connectivity index (χ0v) is 16.2. The molecule has 0 spiro atoms. The van der Waals surface area contributed by atoms with Gasteiger partial charge < -0.3 is 9.47 Å². The Labute approximate surface area is 170 Å². The molecule has 1 aliphatic heterocycles. The average Bonchev–Trinajstić information content (AvgIpc) is 3.41. The second-order valence-corrected chi connectivity index (χ2v) is 6.71. The number of aromatic nitrogens is 7. The number of hydrogen-bond donors (Lipinski definition) is 0. The van der Waals surface area contributed by atoms with Crippen molar-refractivity contribution in [1.29, 1.82) is 0 Å². The van der Waals surface area contributed by atoms with Crippen LogP contribution in [0.4, 0.5) is 0 Å². The van der Waals surface area contributed by atoms with Gasteiger partial charge in [0, 0.05) is 6.42 Å². The van der Waals surface area contributed by atoms with E-state index in [2.05, 4.69) is 25.4 Å². The molecule has 0 atom stereocenters. The zero-order valence-electron chi connectivity index (χ0n) is 16.2. The van der Waals surface area contributed by atoms with Gasteiger partial charge in [0.1, 0.15) is 18.2 Å². The van der Waals surface area contributed by atoms with Crippen LogP contribution in [-0.4, -0.2) is 67.6 Å². The van der Waals surface area contributed by atoms with Crippen molar-refractivity contribution in [3.8, 4) is 11.4 Å². The maximum absolute atomic E-state index is 12.0. The van der Waals surface area contributed by atoms with Crippen molar-refractivity contribution in [1.82, 2.24) is 34.9 Å². The highest BCUT2D eigenvalue weighted by molar-refractivity contribution is 5.87. The zero-order chi connectivity index (χ0) is 20.5. The molecule has 30 heavy (non-hydrogen) atoms. The normalized spacial score (nSPS) is 14.4. The van der Waals surface area contributed by atoms with Crippen molar-refractivity contribution in [3.05, 3.63) is 54.2 Å². The Morgan fingerprint density at radius 3 is 2.87 bits per heavy atom. The summed E-state index contributed by atoms with van der Waals surface area (Å²) in [7, 11) is 1.62. The molecule has 3 aromatic heterocycles. The first-order valence-corrected chi connectivity index (χ1v) is 9.35. The molecule has 0 N–H and O–H groups in total. The first-order chi connectivity index (χ1) is 14.7. The van der Waals surface area contributed by atoms with Gasteiger partial charge in [-0.2, -0.15) is 14.6 Å². The predicted octanol–water partition coefficient (Wildman–Crippen LogP) is 0.501. The molecule has 5 rings (SSSR count). The second kappa shape index (κ2) is 7.52. The van der Waals surface area contributed by atoms with Crippen LogP contribution < -0.4 is 9.75 Å². The Balaban J connectivity index is 1.41. The first kappa shape index (κ1) is 18.2. The summed E-state index contributed by atoms with van der Waals surface area (Å²) in [5.41, 5.74) is 2.92. The molecule has 0 bridgehead atoms. The third kappa shape index (κ3) is 3.35. The fourth-order valence-electron chi connectivity index (χ4n) is 3.23. The molecule has 1 fully saturated rings. The number of benzene rings is 1. The SMILES string of the molecule is COc1ccc(-n2nnc3cnc(Cc4cnn(N5CCOCC5=O)c4)nc32)cc1. The van der Waals surface area contributed by atoms with Gasteiger partial charge in [0.25, 0.3) is 5.91 Å². The first-order valence-electron chi connectivity index (χ1n) is 9.35. The van der Waals surface area contributed by atoms with E-state index in [1.165, 1.54) is 0 Å². The molecule has 1 aliphatic rings. The van der Waals surface area contributed by atoms with Crippen molar-refractivity contribution in [2.75, 3.05) is 31.9 Å². The highest BCUT2D eigenvalue weighted by atomic mass is 16.5. The van der Waals surface area contributed by atoms with Crippen LogP contribution >= 0.6 is 0 Å². The third-order valence-corrected chi connectivity index (χ3v) is 4.75. The number of hydrogen-bond acceptors (Lipinski definition) is 8. The Morgan fingerprint density at radius 1 is 1.20 bits per heavy atom. The quantitative estimate of drug-likeness (QED) is 0.471. The van der Waals surface area contributed by atoms with Crippen LogP contribution in [0.1, 0.15) is 11.4 Å². The second-order valence-electron chi connectivity index (χ2n) is 6.71. The van der Waals surface area contributed by atoms with Gasteiger partial charge in [-0.3, -0.25) is 4.79 Å². The topological polar surface area (TPSA) is 113 Å². The molecule has 1 amide bonds. The van der Waals surface area contributed by atoms with E-state index in [0.29, 0.717) is 36.6 Å². The molecule has 4 aromatic rings. The standard InChI is InChI=1S/C19H18N8O3/c1-29-15-4-2-14(3-5-15)27-19-16(23-24-27)10-20-17(22-19)8-13-9-21-26(11-13)25-6-7-30-12-18(25)28/h2-5,9-11H,6-8,12H2,1H3. The van der Waals surface area contributed by atoms with Gasteiger partial charge in [-0.25, -0.2) is 15.0 Å². The molecule has 11 nitrogen and oxygen atoms in total. The number of ether oxygens (including phenoxy) is 2. The number of amides is 1. The monoisotopic (exact) mass is 406 g/mol. The number of carbonyl (C=O) groups excluding carboxylic acids is 1. The average molecular weight is 406 g/mol. The van der Waals surface area contributed by atoms with E-state index < -0.39 is 0 Å². The number of carbonyl (C=O) groups is 1. The molecule has 0 unspecified atom stereocenters. The van der Waals surface area contributed by atoms with E-state index in [1.807, 2.05) is 24.3 Å². The highest BCUT2D eigenvalue weighted by Crippen LogP contribution is 2.18. The van der Waals surface area contributed by atoms with Crippen LogP contribution in [-0.2, 0) is 16.0 Å². The Morgan fingerprint density at radius 2 is 2.07 bits per heavy atom. The number of morpholine rings is 1. The molecule has 4 heterocycles. The van der Waals surface area contributed by atoms with Crippen LogP contribution in [0.5, 0.6) is 5.75 Å². The van der Waals surface area contributed by atoms with Crippen molar-refractivity contribution in [3.63, 3.8) is 0 Å². The molecule has 11 heteroatoms. The molecular formula is C19H18N8O3. The Kier molecular flexibility index (Phi) is 4.56. The summed E-state index contributed by atoms with van der Waals surface area (Å²) in [5, 5.41) is 14.2. The van der Waals surface area contributed by atoms with Gasteiger partial charge in [-0.1, -0.05) is 5.21 Å². The van der Waals surface area contributed by atoms with Gasteiger partial charge in [-0.15, -0.1) is 5.10 Å². The van der Waals surface area contributed by atoms with E-state index in [9.17, 15) is 4.79 Å². The summed E-state index contributed by atoms with van der Waals surface area (Å²) in [6, 6.07) is 7.48. The molecule has 0 aliphatic carbocycles. The number of rotatable bonds is 5. The van der Waals surface area contributed by atoms with Crippen molar-refractivity contribution < 1.29 is 14.3 Å². The minimum Gasteiger partial charge on any atom is -0.497 e. The van der Waals surface area contributed by atoms with Gasteiger partial charge in [-0.05, 0) is 29.8 Å². The molecule has 1 saturated heterocycles. The van der Waals surface area contributed by atoms with Crippen LogP contribution in [0.2, 0.25) is 0 Å². The molecule has 0 saturated carbocycles. The van der Waals surface area contributed by atoms with Gasteiger partial charge in [0.05, 0.1) is 44.5 Å². The lowest BCUT2D eigenvalue weighted by Gasteiger charge is -2.25. The minimum atomic E-state index is -0.122. The van der Waals surface area contributed by atoms with Crippen LogP contribution in [0, 0.1) is 0 Å². The molecule has 152 valence electrons. The number of fused-ring (bicyclic) bond motifs is 1. The maximum atomic E-state index is 12.0. The Bertz CT molecular complexity index is 1200. The van der Waals surface area contributed by atoms with Crippen LogP contribution in [0.15, 0.2) is 42.9 Å². The van der Waals surface area contributed by atoms with E-state index in [-0.39, 0.29) is 12.5 Å². The van der Waals surface area contributed by atoms with E-state index in [4.69, 9.17) is 9.47 Å². The summed E-state index contributed by atoms with van der Waals surface area (Å²) in [4.78, 5) is 22.6. The lowest BCUT2D eigenvalue weighted by molar-refractivity contribution is -0.128. The summed E-state index contributed by atoms with van der Waals surface area (Å²) < 4.78 is 12.0. The number of nitrogens with zero attached hydrogens (tertiary/aromatic N) is 8. The summed E-state index contributed by atoms with van der Waals surface area (Å²) in [6.07, 6.45) is 5.62. The fraction of sp³-hybridized carbons (Fsp3) is 0.263. The lowest BCUT2D eigenvalue weighted by Crippen LogP contribution is -2.48. The molecular weight excluding hydrogens is 388 g/mol.